The van der Waals surface area contributed by atoms with E-state index in [9.17, 15) is 19.4 Å². The maximum Gasteiger partial charge on any atom is 0.268 e. The lowest BCUT2D eigenvalue weighted by atomic mass is 10.0. The van der Waals surface area contributed by atoms with Crippen LogP contribution in [-0.4, -0.2) is 68.5 Å². The molecule has 0 aliphatic carbocycles. The van der Waals surface area contributed by atoms with Crippen LogP contribution in [0.2, 0.25) is 0 Å². The third-order valence-corrected chi connectivity index (χ3v) is 15.1. The van der Waals surface area contributed by atoms with Crippen molar-refractivity contribution in [1.29, 1.82) is 0 Å². The van der Waals surface area contributed by atoms with E-state index in [1.54, 1.807) is 6.08 Å². The second-order valence-corrected chi connectivity index (χ2v) is 24.5. The van der Waals surface area contributed by atoms with Gasteiger partial charge in [-0.25, -0.2) is 0 Å². The molecule has 0 rings (SSSR count). The Balaban J connectivity index is 4.26. The predicted octanol–water partition coefficient (Wildman–Crippen LogP) is 20.2. The second-order valence-electron chi connectivity index (χ2n) is 23.1. The first-order valence-electron chi connectivity index (χ1n) is 32.9. The Labute approximate surface area is 494 Å². The van der Waals surface area contributed by atoms with Crippen molar-refractivity contribution in [2.24, 2.45) is 0 Å². The molecule has 1 amide bonds. The number of quaternary nitrogens is 1. The predicted molar refractivity (Wildman–Crippen MR) is 348 cm³/mol. The summed E-state index contributed by atoms with van der Waals surface area (Å²) < 4.78 is 23.4. The van der Waals surface area contributed by atoms with Crippen LogP contribution in [0.15, 0.2) is 122 Å². The zero-order chi connectivity index (χ0) is 58.4. The molecule has 80 heavy (non-hydrogen) atoms. The molecule has 0 bridgehead atoms. The number of rotatable bonds is 59. The third-order valence-electron chi connectivity index (χ3n) is 14.2. The van der Waals surface area contributed by atoms with Crippen molar-refractivity contribution in [2.45, 2.75) is 283 Å². The average Bonchev–Trinajstić information content (AvgIpc) is 3.42. The van der Waals surface area contributed by atoms with Crippen LogP contribution in [0.1, 0.15) is 271 Å². The highest BCUT2D eigenvalue weighted by molar-refractivity contribution is 7.45. The monoisotopic (exact) mass is 1130 g/mol. The number of hydrogen-bond acceptors (Lipinski definition) is 6. The Morgan fingerprint density at radius 1 is 0.450 bits per heavy atom. The maximum atomic E-state index is 13.0. The minimum atomic E-state index is -4.62. The minimum Gasteiger partial charge on any atom is -0.756 e. The number of hydrogen-bond donors (Lipinski definition) is 2. The van der Waals surface area contributed by atoms with E-state index in [4.69, 9.17) is 9.05 Å². The lowest BCUT2D eigenvalue weighted by Gasteiger charge is -2.29. The van der Waals surface area contributed by atoms with Gasteiger partial charge in [0, 0.05) is 6.42 Å². The van der Waals surface area contributed by atoms with E-state index in [1.165, 1.54) is 148 Å². The lowest BCUT2D eigenvalue weighted by Crippen LogP contribution is -2.45. The molecule has 460 valence electrons. The van der Waals surface area contributed by atoms with E-state index in [0.29, 0.717) is 23.9 Å². The number of nitrogens with zero attached hydrogens (tertiary/aromatic N) is 1. The van der Waals surface area contributed by atoms with Crippen molar-refractivity contribution in [3.63, 3.8) is 0 Å². The van der Waals surface area contributed by atoms with Crippen LogP contribution < -0.4 is 10.2 Å². The smallest absolute Gasteiger partial charge is 0.268 e. The lowest BCUT2D eigenvalue weighted by molar-refractivity contribution is -0.870. The van der Waals surface area contributed by atoms with Crippen molar-refractivity contribution in [3.8, 4) is 0 Å². The highest BCUT2D eigenvalue weighted by atomic mass is 31.2. The fraction of sp³-hybridized carbons (Fsp3) is 0.704. The molecular weight excluding hydrogens is 1010 g/mol. The Morgan fingerprint density at radius 2 is 0.762 bits per heavy atom. The normalized spacial score (nSPS) is 14.5. The van der Waals surface area contributed by atoms with Gasteiger partial charge in [0.2, 0.25) is 5.91 Å². The first-order chi connectivity index (χ1) is 39.0. The summed E-state index contributed by atoms with van der Waals surface area (Å²) in [6, 6.07) is -0.916. The zero-order valence-electron chi connectivity index (χ0n) is 52.5. The largest absolute Gasteiger partial charge is 0.756 e. The second kappa shape index (κ2) is 60.5. The minimum absolute atomic E-state index is 0.0142. The molecule has 0 saturated carbocycles. The standard InChI is InChI=1S/C71H125N2O6P/c1-6-8-10-12-14-16-18-20-22-24-26-28-30-32-34-35-36-37-39-41-43-45-47-49-51-53-55-57-59-61-63-65-71(75)72-69(68-79-80(76,77)78-67-66-73(3,4)5)70(74)64-62-60-58-56-54-52-50-48-46-44-42-40-38-33-31-29-27-25-23-21-19-17-15-13-11-9-7-2/h8,10,14,16,20,22,26,28,32,34,36-37,41,43,47,49,53,55,62,64,69-70,74H,6-7,9,11-13,15,17-19,21,23-25,27,29-31,33,35,38-40,42,44-46,48,50-52,54,56-61,63,65-68H2,1-5H3,(H-,72,75,76,77)/b10-8-,16-14-,22-20-,28-26-,34-32-,37-36-,43-41-,49-47-,55-53-,64-62+. The molecule has 0 spiro atoms. The van der Waals surface area contributed by atoms with Crippen LogP contribution in [0.5, 0.6) is 0 Å². The summed E-state index contributed by atoms with van der Waals surface area (Å²) in [7, 11) is 1.23. The number of aliphatic hydroxyl groups excluding tert-OH is 1. The number of carbonyl (C=O) groups excluding carboxylic acids is 1. The number of aliphatic hydroxyl groups is 1. The number of carbonyl (C=O) groups is 1. The number of unbranched alkanes of at least 4 members (excludes halogenated alkanes) is 28. The Hall–Kier alpha value is -3.10. The fourth-order valence-corrected chi connectivity index (χ4v) is 9.81. The van der Waals surface area contributed by atoms with Gasteiger partial charge >= 0.3 is 0 Å². The molecular formula is C71H125N2O6P. The molecule has 0 aromatic heterocycles. The number of nitrogens with one attached hydrogen (secondary N) is 1. The first-order valence-corrected chi connectivity index (χ1v) is 34.4. The summed E-state index contributed by atoms with van der Waals surface area (Å²) in [5, 5.41) is 13.9. The van der Waals surface area contributed by atoms with E-state index in [0.717, 1.165) is 96.3 Å². The van der Waals surface area contributed by atoms with E-state index in [2.05, 4.69) is 129 Å². The van der Waals surface area contributed by atoms with Gasteiger partial charge in [-0.15, -0.1) is 0 Å². The molecule has 0 aliphatic heterocycles. The third kappa shape index (κ3) is 62.5. The van der Waals surface area contributed by atoms with Crippen LogP contribution in [0.3, 0.4) is 0 Å². The Kier molecular flexibility index (Phi) is 58.1. The maximum absolute atomic E-state index is 13.0. The van der Waals surface area contributed by atoms with Crippen LogP contribution in [0, 0.1) is 0 Å². The number of likely N-dealkylation sites (N-methyl/N-ethyl adjacent to an activating group) is 1. The van der Waals surface area contributed by atoms with Crippen LogP contribution >= 0.6 is 7.82 Å². The first kappa shape index (κ1) is 76.9. The quantitative estimate of drug-likeness (QED) is 0.0272. The van der Waals surface area contributed by atoms with Crippen LogP contribution in [-0.2, 0) is 18.4 Å². The highest BCUT2D eigenvalue weighted by Gasteiger charge is 2.23. The number of phosphoric ester groups is 1. The summed E-state index contributed by atoms with van der Waals surface area (Å²) in [4.78, 5) is 25.6. The molecule has 3 atom stereocenters. The summed E-state index contributed by atoms with van der Waals surface area (Å²) >= 11 is 0. The van der Waals surface area contributed by atoms with Crippen LogP contribution in [0.25, 0.3) is 0 Å². The van der Waals surface area contributed by atoms with Gasteiger partial charge in [0.25, 0.3) is 7.82 Å². The SMILES string of the molecule is CC/C=C\C/C=C\C/C=C\C/C=C\C/C=C\C/C=C\C/C=C\C/C=C\C/C=C\CCCCCC(=O)NC(COP(=O)([O-])OCC[N+](C)(C)C)C(O)/C=C/CCCCCCCCCCCCCCCCCCCCCCCCCCC. The van der Waals surface area contributed by atoms with E-state index < -0.39 is 26.6 Å². The van der Waals surface area contributed by atoms with Crippen molar-refractivity contribution in [1.82, 2.24) is 5.32 Å². The van der Waals surface area contributed by atoms with Gasteiger partial charge in [-0.2, -0.15) is 0 Å². The van der Waals surface area contributed by atoms with Crippen molar-refractivity contribution in [3.05, 3.63) is 122 Å². The average molecular weight is 1130 g/mol. The molecule has 0 heterocycles. The van der Waals surface area contributed by atoms with Crippen LogP contribution in [0.4, 0.5) is 0 Å². The Bertz CT molecular complexity index is 1720. The van der Waals surface area contributed by atoms with Gasteiger partial charge in [-0.05, 0) is 89.9 Å². The van der Waals surface area contributed by atoms with Gasteiger partial charge in [-0.3, -0.25) is 9.36 Å². The number of allylic oxidation sites excluding steroid dienone is 19. The molecule has 0 saturated heterocycles. The van der Waals surface area contributed by atoms with Gasteiger partial charge in [-0.1, -0.05) is 296 Å². The topological polar surface area (TPSA) is 108 Å². The zero-order valence-corrected chi connectivity index (χ0v) is 53.4. The molecule has 3 unspecified atom stereocenters. The van der Waals surface area contributed by atoms with E-state index in [-0.39, 0.29) is 12.5 Å². The molecule has 8 nitrogen and oxygen atoms in total. The van der Waals surface area contributed by atoms with E-state index in [1.807, 2.05) is 27.2 Å². The molecule has 0 aliphatic rings. The van der Waals surface area contributed by atoms with Crippen molar-refractivity contribution in [2.75, 3.05) is 40.9 Å². The highest BCUT2D eigenvalue weighted by Crippen LogP contribution is 2.38. The summed E-state index contributed by atoms with van der Waals surface area (Å²) in [5.41, 5.74) is 0. The fourth-order valence-electron chi connectivity index (χ4n) is 9.09. The summed E-state index contributed by atoms with van der Waals surface area (Å²) in [6.07, 6.45) is 90.1. The molecule has 2 N–H and O–H groups in total. The summed E-state index contributed by atoms with van der Waals surface area (Å²) in [5.74, 6) is -0.231. The van der Waals surface area contributed by atoms with E-state index >= 15 is 0 Å². The van der Waals surface area contributed by atoms with Gasteiger partial charge in [0.1, 0.15) is 13.2 Å². The van der Waals surface area contributed by atoms with Crippen molar-refractivity contribution >= 4 is 13.7 Å². The Morgan fingerprint density at radius 3 is 1.11 bits per heavy atom. The van der Waals surface area contributed by atoms with Gasteiger partial charge in [0.15, 0.2) is 0 Å². The number of phosphoric acid groups is 1. The summed E-state index contributed by atoms with van der Waals surface area (Å²) in [6.45, 7) is 4.52. The van der Waals surface area contributed by atoms with Gasteiger partial charge in [0.05, 0.1) is 39.9 Å². The van der Waals surface area contributed by atoms with Crippen molar-refractivity contribution < 1.29 is 32.9 Å². The molecule has 0 aromatic rings. The molecule has 0 aromatic carbocycles. The molecule has 0 fully saturated rings. The molecule has 9 heteroatoms. The molecule has 0 radical (unpaired) electrons. The number of amides is 1. The van der Waals surface area contributed by atoms with Gasteiger partial charge < -0.3 is 28.8 Å².